The van der Waals surface area contributed by atoms with Crippen LogP contribution in [-0.2, 0) is 6.54 Å². The lowest BCUT2D eigenvalue weighted by atomic mass is 9.87. The van der Waals surface area contributed by atoms with Gasteiger partial charge in [-0.1, -0.05) is 6.92 Å². The van der Waals surface area contributed by atoms with Crippen molar-refractivity contribution in [1.82, 2.24) is 9.88 Å². The van der Waals surface area contributed by atoms with Gasteiger partial charge in [0.25, 0.3) is 0 Å². The highest BCUT2D eigenvalue weighted by molar-refractivity contribution is 5.27. The Morgan fingerprint density at radius 1 is 1.28 bits per heavy atom. The predicted molar refractivity (Wildman–Crippen MR) is 73.5 cm³/mol. The molecule has 1 aliphatic rings. The Bertz CT molecular complexity index is 397. The number of aryl methyl sites for hydroxylation is 1. The van der Waals surface area contributed by atoms with E-state index in [1.807, 2.05) is 13.0 Å². The molecule has 1 aromatic rings. The Kier molecular flexibility index (Phi) is 4.23. The average molecular weight is 248 g/mol. The van der Waals surface area contributed by atoms with Crippen LogP contribution in [0, 0.1) is 12.8 Å². The van der Waals surface area contributed by atoms with Gasteiger partial charge in [0.2, 0.25) is 0 Å². The number of pyridine rings is 1. The molecule has 100 valence electrons. The smallest absolute Gasteiger partial charge is 0.138 e. The van der Waals surface area contributed by atoms with Crippen LogP contribution in [0.5, 0.6) is 5.75 Å². The fourth-order valence-corrected chi connectivity index (χ4v) is 2.77. The zero-order chi connectivity index (χ0) is 13.1. The number of hydrogen-bond donors (Lipinski definition) is 1. The fraction of sp³-hybridized carbons (Fsp3) is 0.667. The van der Waals surface area contributed by atoms with Crippen LogP contribution in [-0.4, -0.2) is 28.1 Å². The molecule has 1 N–H and O–H groups in total. The molecule has 0 radical (unpaired) electrons. The molecular formula is C15H24N2O. The fourth-order valence-electron chi connectivity index (χ4n) is 2.77. The van der Waals surface area contributed by atoms with Crippen LogP contribution in [0.2, 0.25) is 0 Å². The van der Waals surface area contributed by atoms with E-state index in [1.165, 1.54) is 25.7 Å². The molecule has 0 saturated heterocycles. The van der Waals surface area contributed by atoms with Crippen LogP contribution in [0.25, 0.3) is 0 Å². The van der Waals surface area contributed by atoms with Crippen LogP contribution in [0.4, 0.5) is 0 Å². The average Bonchev–Trinajstić information content (AvgIpc) is 2.34. The summed E-state index contributed by atoms with van der Waals surface area (Å²) in [6.45, 7) is 5.04. The molecule has 3 heteroatoms. The Morgan fingerprint density at radius 3 is 2.61 bits per heavy atom. The molecule has 3 nitrogen and oxygen atoms in total. The van der Waals surface area contributed by atoms with Crippen LogP contribution in [0.15, 0.2) is 12.1 Å². The van der Waals surface area contributed by atoms with Gasteiger partial charge in [-0.2, -0.15) is 0 Å². The van der Waals surface area contributed by atoms with Crippen molar-refractivity contribution in [3.63, 3.8) is 0 Å². The number of nitrogens with zero attached hydrogens (tertiary/aromatic N) is 2. The third-order valence-electron chi connectivity index (χ3n) is 4.10. The molecular weight excluding hydrogens is 224 g/mol. The van der Waals surface area contributed by atoms with E-state index in [1.54, 1.807) is 6.07 Å². The summed E-state index contributed by atoms with van der Waals surface area (Å²) in [5.74, 6) is 1.19. The Morgan fingerprint density at radius 2 is 1.94 bits per heavy atom. The Hall–Kier alpha value is -1.09. The van der Waals surface area contributed by atoms with E-state index >= 15 is 0 Å². The minimum Gasteiger partial charge on any atom is -0.506 e. The minimum absolute atomic E-state index is 0.316. The number of aromatic hydroxyl groups is 1. The predicted octanol–water partition coefficient (Wildman–Crippen LogP) is 3.11. The van der Waals surface area contributed by atoms with Crippen LogP contribution < -0.4 is 0 Å². The van der Waals surface area contributed by atoms with E-state index < -0.39 is 0 Å². The number of aromatic nitrogens is 1. The van der Waals surface area contributed by atoms with Gasteiger partial charge in [-0.3, -0.25) is 9.88 Å². The molecule has 0 unspecified atom stereocenters. The largest absolute Gasteiger partial charge is 0.506 e. The molecule has 1 aromatic heterocycles. The monoisotopic (exact) mass is 248 g/mol. The zero-order valence-electron chi connectivity index (χ0n) is 11.7. The lowest BCUT2D eigenvalue weighted by Gasteiger charge is -2.33. The summed E-state index contributed by atoms with van der Waals surface area (Å²) in [5, 5.41) is 9.84. The topological polar surface area (TPSA) is 36.4 Å². The van der Waals surface area contributed by atoms with Gasteiger partial charge < -0.3 is 5.11 Å². The summed E-state index contributed by atoms with van der Waals surface area (Å²) in [4.78, 5) is 6.77. The zero-order valence-corrected chi connectivity index (χ0v) is 11.7. The van der Waals surface area contributed by atoms with E-state index in [0.717, 1.165) is 23.9 Å². The van der Waals surface area contributed by atoms with Crippen molar-refractivity contribution in [3.05, 3.63) is 23.5 Å². The minimum atomic E-state index is 0.316. The van der Waals surface area contributed by atoms with Crippen molar-refractivity contribution in [2.24, 2.45) is 5.92 Å². The maximum absolute atomic E-state index is 9.84. The molecule has 0 amide bonds. The highest BCUT2D eigenvalue weighted by atomic mass is 16.3. The van der Waals surface area contributed by atoms with E-state index in [-0.39, 0.29) is 0 Å². The number of rotatable bonds is 3. The lowest BCUT2D eigenvalue weighted by molar-refractivity contribution is 0.161. The summed E-state index contributed by atoms with van der Waals surface area (Å²) in [6, 6.07) is 4.23. The second-order valence-corrected chi connectivity index (χ2v) is 5.75. The summed E-state index contributed by atoms with van der Waals surface area (Å²) >= 11 is 0. The van der Waals surface area contributed by atoms with Crippen molar-refractivity contribution in [3.8, 4) is 5.75 Å². The quantitative estimate of drug-likeness (QED) is 0.893. The number of hydrogen-bond acceptors (Lipinski definition) is 3. The molecule has 1 fully saturated rings. The SMILES string of the molecule is Cc1ccc(O)c(CN(C)C2CCC(C)CC2)n1. The van der Waals surface area contributed by atoms with E-state index in [4.69, 9.17) is 0 Å². The summed E-state index contributed by atoms with van der Waals surface area (Å²) in [7, 11) is 2.14. The van der Waals surface area contributed by atoms with E-state index in [2.05, 4.69) is 23.9 Å². The molecule has 0 aliphatic heterocycles. The summed E-state index contributed by atoms with van der Waals surface area (Å²) in [5.41, 5.74) is 1.77. The van der Waals surface area contributed by atoms with Gasteiger partial charge in [0.05, 0.1) is 5.69 Å². The molecule has 0 atom stereocenters. The van der Waals surface area contributed by atoms with Crippen LogP contribution in [0.3, 0.4) is 0 Å². The molecule has 1 aliphatic carbocycles. The normalized spacial score (nSPS) is 24.4. The Labute approximate surface area is 110 Å². The van der Waals surface area contributed by atoms with Gasteiger partial charge in [-0.05, 0) is 57.7 Å². The third-order valence-corrected chi connectivity index (χ3v) is 4.10. The molecule has 0 aromatic carbocycles. The van der Waals surface area contributed by atoms with E-state index in [0.29, 0.717) is 11.8 Å². The molecule has 0 spiro atoms. The first-order valence-corrected chi connectivity index (χ1v) is 6.92. The maximum atomic E-state index is 9.84. The van der Waals surface area contributed by atoms with Gasteiger partial charge in [0.1, 0.15) is 5.75 Å². The first kappa shape index (κ1) is 13.3. The molecule has 2 rings (SSSR count). The highest BCUT2D eigenvalue weighted by Gasteiger charge is 2.22. The Balaban J connectivity index is 1.98. The first-order chi connectivity index (χ1) is 8.56. The van der Waals surface area contributed by atoms with Crippen molar-refractivity contribution in [2.45, 2.75) is 52.1 Å². The van der Waals surface area contributed by atoms with Crippen molar-refractivity contribution >= 4 is 0 Å². The first-order valence-electron chi connectivity index (χ1n) is 6.92. The van der Waals surface area contributed by atoms with Crippen molar-refractivity contribution < 1.29 is 5.11 Å². The second-order valence-electron chi connectivity index (χ2n) is 5.75. The molecule has 1 heterocycles. The van der Waals surface area contributed by atoms with Gasteiger partial charge >= 0.3 is 0 Å². The highest BCUT2D eigenvalue weighted by Crippen LogP contribution is 2.28. The standard InChI is InChI=1S/C15H24N2O/c1-11-4-7-13(8-5-11)17(3)10-14-15(18)9-6-12(2)16-14/h6,9,11,13,18H,4-5,7-8,10H2,1-3H3. The van der Waals surface area contributed by atoms with Gasteiger partial charge in [-0.25, -0.2) is 0 Å². The van der Waals surface area contributed by atoms with Gasteiger partial charge in [0.15, 0.2) is 0 Å². The molecule has 18 heavy (non-hydrogen) atoms. The summed E-state index contributed by atoms with van der Waals surface area (Å²) in [6.07, 6.45) is 5.18. The van der Waals surface area contributed by atoms with Gasteiger partial charge in [-0.15, -0.1) is 0 Å². The summed E-state index contributed by atoms with van der Waals surface area (Å²) < 4.78 is 0. The second kappa shape index (κ2) is 5.70. The van der Waals surface area contributed by atoms with Crippen molar-refractivity contribution in [1.29, 1.82) is 0 Å². The molecule has 0 bridgehead atoms. The van der Waals surface area contributed by atoms with E-state index in [9.17, 15) is 5.11 Å². The third kappa shape index (κ3) is 3.22. The maximum Gasteiger partial charge on any atom is 0.138 e. The van der Waals surface area contributed by atoms with Crippen LogP contribution >= 0.6 is 0 Å². The molecule has 1 saturated carbocycles. The van der Waals surface area contributed by atoms with Crippen LogP contribution in [0.1, 0.15) is 44.0 Å². The van der Waals surface area contributed by atoms with Crippen molar-refractivity contribution in [2.75, 3.05) is 7.05 Å². The van der Waals surface area contributed by atoms with Gasteiger partial charge in [0, 0.05) is 18.3 Å². The lowest BCUT2D eigenvalue weighted by Crippen LogP contribution is -2.34.